The fraction of sp³-hybridized carbons (Fsp3) is 0.0714. The van der Waals surface area contributed by atoms with Crippen LogP contribution in [0, 0.1) is 0 Å². The van der Waals surface area contributed by atoms with Crippen LogP contribution in [0.1, 0.15) is 33.4 Å². The summed E-state index contributed by atoms with van der Waals surface area (Å²) in [7, 11) is 0. The number of fused-ring (bicyclic) bond motifs is 9. The minimum absolute atomic E-state index is 0.644. The van der Waals surface area contributed by atoms with E-state index < -0.39 is 11.2 Å². The zero-order chi connectivity index (χ0) is 19.8. The van der Waals surface area contributed by atoms with E-state index >= 15 is 0 Å². The second-order valence-corrected chi connectivity index (χ2v) is 8.14. The first-order chi connectivity index (χ1) is 14.8. The third kappa shape index (κ3) is 1.75. The number of benzene rings is 4. The van der Waals surface area contributed by atoms with E-state index in [1.807, 2.05) is 12.5 Å². The molecular weight excluding hydrogens is 368 g/mol. The Kier molecular flexibility index (Phi) is 2.97. The van der Waals surface area contributed by atoms with Crippen molar-refractivity contribution in [2.24, 2.45) is 0 Å². The molecule has 2 atom stereocenters. The molecule has 2 nitrogen and oxygen atoms in total. The molecule has 1 aromatic heterocycles. The van der Waals surface area contributed by atoms with Crippen molar-refractivity contribution in [1.82, 2.24) is 0 Å². The third-order valence-electron chi connectivity index (χ3n) is 6.72. The van der Waals surface area contributed by atoms with Gasteiger partial charge in [-0.15, -0.1) is 0 Å². The van der Waals surface area contributed by atoms with Crippen molar-refractivity contribution in [3.8, 4) is 0 Å². The van der Waals surface area contributed by atoms with Gasteiger partial charge in [0.25, 0.3) is 0 Å². The minimum Gasteiger partial charge on any atom is -0.471 e. The van der Waals surface area contributed by atoms with Crippen molar-refractivity contribution in [3.05, 3.63) is 143 Å². The highest BCUT2D eigenvalue weighted by atomic mass is 16.5. The molecule has 0 fully saturated rings. The molecule has 0 amide bonds. The summed E-state index contributed by atoms with van der Waals surface area (Å²) in [4.78, 5) is 0. The van der Waals surface area contributed by atoms with Crippen molar-refractivity contribution >= 4 is 10.8 Å². The lowest BCUT2D eigenvalue weighted by Gasteiger charge is -2.30. The summed E-state index contributed by atoms with van der Waals surface area (Å²) in [5.41, 5.74) is 5.85. The smallest absolute Gasteiger partial charge is 0.146 e. The molecule has 2 bridgehead atoms. The Morgan fingerprint density at radius 3 is 1.37 bits per heavy atom. The Hall–Kier alpha value is -3.62. The Morgan fingerprint density at radius 1 is 0.467 bits per heavy atom. The molecule has 30 heavy (non-hydrogen) atoms. The second-order valence-electron chi connectivity index (χ2n) is 8.14. The number of ether oxygens (including phenoxy) is 1. The minimum atomic E-state index is -0.644. The molecule has 0 N–H and O–H groups in total. The van der Waals surface area contributed by atoms with E-state index in [4.69, 9.17) is 9.15 Å². The largest absolute Gasteiger partial charge is 0.471 e. The molecule has 0 aliphatic carbocycles. The first-order valence-electron chi connectivity index (χ1n) is 10.3. The van der Waals surface area contributed by atoms with Crippen LogP contribution in [-0.2, 0) is 15.9 Å². The molecule has 4 aromatic carbocycles. The van der Waals surface area contributed by atoms with Crippen LogP contribution in [0.5, 0.6) is 0 Å². The molecule has 3 heterocycles. The highest BCUT2D eigenvalue weighted by Crippen LogP contribution is 2.66. The van der Waals surface area contributed by atoms with E-state index in [0.29, 0.717) is 0 Å². The summed E-state index contributed by atoms with van der Waals surface area (Å²) < 4.78 is 12.8. The van der Waals surface area contributed by atoms with Crippen LogP contribution in [-0.4, -0.2) is 0 Å². The van der Waals surface area contributed by atoms with Crippen LogP contribution in [0.4, 0.5) is 0 Å². The van der Waals surface area contributed by atoms with Crippen LogP contribution < -0.4 is 0 Å². The van der Waals surface area contributed by atoms with Crippen molar-refractivity contribution in [3.63, 3.8) is 0 Å². The summed E-state index contributed by atoms with van der Waals surface area (Å²) in [6, 6.07) is 34.3. The van der Waals surface area contributed by atoms with Gasteiger partial charge in [0.15, 0.2) is 0 Å². The van der Waals surface area contributed by atoms with Gasteiger partial charge in [-0.1, -0.05) is 84.9 Å². The van der Waals surface area contributed by atoms with Crippen LogP contribution in [0.15, 0.2) is 114 Å². The average molecular weight is 386 g/mol. The van der Waals surface area contributed by atoms with Gasteiger partial charge in [0, 0.05) is 21.9 Å². The summed E-state index contributed by atoms with van der Waals surface area (Å²) in [6.07, 6.45) is 3.64. The molecule has 2 heteroatoms. The van der Waals surface area contributed by atoms with Gasteiger partial charge in [-0.2, -0.15) is 0 Å². The molecule has 0 radical (unpaired) electrons. The van der Waals surface area contributed by atoms with Gasteiger partial charge >= 0.3 is 0 Å². The van der Waals surface area contributed by atoms with Crippen LogP contribution in [0.3, 0.4) is 0 Å². The van der Waals surface area contributed by atoms with Crippen LogP contribution >= 0.6 is 0 Å². The molecule has 0 spiro atoms. The van der Waals surface area contributed by atoms with E-state index in [0.717, 1.165) is 21.9 Å². The van der Waals surface area contributed by atoms with Crippen molar-refractivity contribution in [2.75, 3.05) is 0 Å². The fourth-order valence-electron chi connectivity index (χ4n) is 5.52. The molecule has 142 valence electrons. The van der Waals surface area contributed by atoms with Gasteiger partial charge in [0.1, 0.15) is 11.2 Å². The topological polar surface area (TPSA) is 22.4 Å². The predicted octanol–water partition coefficient (Wildman–Crippen LogP) is 6.36. The summed E-state index contributed by atoms with van der Waals surface area (Å²) in [6.45, 7) is 0. The van der Waals surface area contributed by atoms with Crippen molar-refractivity contribution in [2.45, 2.75) is 11.2 Å². The molecule has 2 unspecified atom stereocenters. The lowest BCUT2D eigenvalue weighted by Crippen LogP contribution is -2.26. The third-order valence-corrected chi connectivity index (χ3v) is 6.72. The quantitative estimate of drug-likeness (QED) is 0.352. The standard InChI is InChI=1S/C28H18O2/c1-3-9-21(10-4-1)27-23-13-7-8-14-24(23)28(30-27,22-11-5-2-6-12-22)26-16-20-18-29-17-19(20)15-25(26)27/h1-18H. The van der Waals surface area contributed by atoms with E-state index in [1.165, 1.54) is 22.3 Å². The maximum atomic E-state index is 7.27. The van der Waals surface area contributed by atoms with Crippen LogP contribution in [0.2, 0.25) is 0 Å². The average Bonchev–Trinajstić information content (AvgIpc) is 3.49. The lowest BCUT2D eigenvalue weighted by atomic mass is 9.68. The first-order valence-corrected chi connectivity index (χ1v) is 10.3. The van der Waals surface area contributed by atoms with Crippen molar-refractivity contribution in [1.29, 1.82) is 0 Å². The Labute approximate surface area is 174 Å². The Balaban J connectivity index is 1.69. The zero-order valence-corrected chi connectivity index (χ0v) is 16.2. The van der Waals surface area contributed by atoms with E-state index in [1.54, 1.807) is 0 Å². The molecular formula is C28H18O2. The van der Waals surface area contributed by atoms with Gasteiger partial charge in [-0.25, -0.2) is 0 Å². The maximum Gasteiger partial charge on any atom is 0.146 e. The highest BCUT2D eigenvalue weighted by Gasteiger charge is 2.64. The second kappa shape index (κ2) is 5.50. The van der Waals surface area contributed by atoms with Gasteiger partial charge in [-0.3, -0.25) is 0 Å². The number of hydrogen-bond donors (Lipinski definition) is 0. The molecule has 0 saturated carbocycles. The molecule has 0 saturated heterocycles. The van der Waals surface area contributed by atoms with Gasteiger partial charge < -0.3 is 9.15 Å². The fourth-order valence-corrected chi connectivity index (χ4v) is 5.52. The Morgan fingerprint density at radius 2 is 0.900 bits per heavy atom. The summed E-state index contributed by atoms with van der Waals surface area (Å²) in [5, 5.41) is 2.20. The van der Waals surface area contributed by atoms with Gasteiger partial charge in [-0.05, 0) is 34.4 Å². The predicted molar refractivity (Wildman–Crippen MR) is 116 cm³/mol. The maximum absolute atomic E-state index is 7.27. The van der Waals surface area contributed by atoms with Crippen LogP contribution in [0.25, 0.3) is 10.8 Å². The van der Waals surface area contributed by atoms with E-state index in [2.05, 4.69) is 97.1 Å². The van der Waals surface area contributed by atoms with Gasteiger partial charge in [0.2, 0.25) is 0 Å². The molecule has 5 aromatic rings. The van der Waals surface area contributed by atoms with E-state index in [9.17, 15) is 0 Å². The highest BCUT2D eigenvalue weighted by molar-refractivity contribution is 5.86. The van der Waals surface area contributed by atoms with E-state index in [-0.39, 0.29) is 0 Å². The zero-order valence-electron chi connectivity index (χ0n) is 16.2. The molecule has 2 aliphatic rings. The lowest BCUT2D eigenvalue weighted by molar-refractivity contribution is -0.0257. The summed E-state index contributed by atoms with van der Waals surface area (Å²) >= 11 is 0. The van der Waals surface area contributed by atoms with Crippen molar-refractivity contribution < 1.29 is 9.15 Å². The SMILES string of the molecule is c1ccc(C23OC(c4ccccc4)(c4ccccc42)c2cc4cocc4cc23)cc1. The number of rotatable bonds is 2. The first kappa shape index (κ1) is 16.2. The summed E-state index contributed by atoms with van der Waals surface area (Å²) in [5.74, 6) is 0. The van der Waals surface area contributed by atoms with Gasteiger partial charge in [0.05, 0.1) is 12.5 Å². The Bertz CT molecular complexity index is 1310. The molecule has 2 aliphatic heterocycles. The number of furan rings is 1. The number of hydrogen-bond acceptors (Lipinski definition) is 2. The monoisotopic (exact) mass is 386 g/mol. The molecule has 7 rings (SSSR count). The normalized spacial score (nSPS) is 23.5.